The fraction of sp³-hybridized carbons (Fsp3) is 0.471. The Bertz CT molecular complexity index is 1970. The van der Waals surface area contributed by atoms with Crippen LogP contribution < -0.4 is 20.3 Å². The summed E-state index contributed by atoms with van der Waals surface area (Å²) in [6.45, 7) is 11.0. The monoisotopic (exact) mass is 923 g/mol. The Hall–Kier alpha value is -4.10. The predicted octanol–water partition coefficient (Wildman–Crippen LogP) is 8.08. The molecule has 55 heavy (non-hydrogen) atoms. The lowest BCUT2D eigenvalue weighted by atomic mass is 10.1. The summed E-state index contributed by atoms with van der Waals surface area (Å²) in [5.74, 6) is -0.502. The number of amides is 3. The third-order valence-electron chi connectivity index (χ3n) is 7.38. The van der Waals surface area contributed by atoms with Crippen molar-refractivity contribution >= 4 is 80.5 Å². The van der Waals surface area contributed by atoms with Crippen LogP contribution in [0.3, 0.4) is 0 Å². The lowest BCUT2D eigenvalue weighted by molar-refractivity contribution is -0.274. The molecule has 0 saturated carbocycles. The normalized spacial score (nSPS) is 12.2. The molecule has 2 aromatic heterocycles. The number of halogens is 5. The van der Waals surface area contributed by atoms with Crippen LogP contribution in [0, 0.1) is 0 Å². The molecule has 3 amide bonds. The summed E-state index contributed by atoms with van der Waals surface area (Å²) in [6.07, 6.45) is -2.40. The Morgan fingerprint density at radius 2 is 1.62 bits per heavy atom. The van der Waals surface area contributed by atoms with E-state index < -0.39 is 35.5 Å². The quantitative estimate of drug-likeness (QED) is 0.0720. The van der Waals surface area contributed by atoms with Crippen LogP contribution in [0.1, 0.15) is 59.9 Å². The highest BCUT2D eigenvalue weighted by Gasteiger charge is 2.32. The summed E-state index contributed by atoms with van der Waals surface area (Å²) < 4.78 is 56.7. The van der Waals surface area contributed by atoms with E-state index >= 15 is 0 Å². The Labute approximate surface area is 335 Å². The number of fused-ring (bicyclic) bond motifs is 1. The second-order valence-electron chi connectivity index (χ2n) is 14.2. The number of anilines is 2. The molecule has 2 heterocycles. The number of benzene rings is 2. The Morgan fingerprint density at radius 3 is 2.22 bits per heavy atom. The highest BCUT2D eigenvalue weighted by Crippen LogP contribution is 2.40. The lowest BCUT2D eigenvalue weighted by Gasteiger charge is -2.27. The summed E-state index contributed by atoms with van der Waals surface area (Å²) in [5, 5.41) is 19.3. The molecule has 2 N–H and O–H groups in total. The van der Waals surface area contributed by atoms with Crippen molar-refractivity contribution in [2.24, 2.45) is 0 Å². The van der Waals surface area contributed by atoms with Gasteiger partial charge in [0.15, 0.2) is 5.82 Å². The van der Waals surface area contributed by atoms with E-state index in [9.17, 15) is 27.6 Å². The number of alkyl halides is 3. The van der Waals surface area contributed by atoms with Crippen molar-refractivity contribution in [2.75, 3.05) is 36.9 Å². The number of rotatable bonds is 14. The lowest BCUT2D eigenvalue weighted by Crippen LogP contribution is -2.39. The highest BCUT2D eigenvalue weighted by molar-refractivity contribution is 14.2. The summed E-state index contributed by atoms with van der Waals surface area (Å²) in [7, 11) is 1.60. The van der Waals surface area contributed by atoms with Crippen LogP contribution in [0.25, 0.3) is 16.6 Å². The van der Waals surface area contributed by atoms with E-state index in [-0.39, 0.29) is 36.8 Å². The smallest absolute Gasteiger partial charge is 0.444 e. The average molecular weight is 924 g/mol. The Morgan fingerprint density at radius 1 is 0.964 bits per heavy atom. The summed E-state index contributed by atoms with van der Waals surface area (Å²) in [6, 6.07) is 7.50. The standard InChI is InChI=1S/C34H43ClF3IN9O6P/c1-32(2,3)53-30(50)45(7)29-28-24(16-22(47-19-42-43-20-47)17-25(28)48(44-29)55-39)40-12-8-13-41-27(49)11-14-46(31(51)54-33(4,5)6)18-21-9-10-26(23(35)15-21)52-34(36,37)38/h9-10,15-17,19-20,40,55H,8,11-14,18H2,1-7H3,(H,41,49). The number of carbonyl (C=O) groups is 3. The van der Waals surface area contributed by atoms with Gasteiger partial charge in [-0.25, -0.2) is 14.0 Å². The molecule has 0 aliphatic carbocycles. The number of aromatic nitrogens is 5. The summed E-state index contributed by atoms with van der Waals surface area (Å²) in [5.41, 5.74) is 1.07. The van der Waals surface area contributed by atoms with E-state index in [2.05, 4.69) is 47.6 Å². The molecule has 1 atom stereocenters. The van der Waals surface area contributed by atoms with Crippen LogP contribution in [0.5, 0.6) is 5.75 Å². The predicted molar refractivity (Wildman–Crippen MR) is 213 cm³/mol. The van der Waals surface area contributed by atoms with E-state index in [1.807, 2.05) is 12.1 Å². The van der Waals surface area contributed by atoms with Gasteiger partial charge in [-0.1, -0.05) is 17.7 Å². The molecule has 0 saturated heterocycles. The number of ether oxygens (including phenoxy) is 3. The van der Waals surface area contributed by atoms with Crippen molar-refractivity contribution in [3.05, 3.63) is 53.6 Å². The highest BCUT2D eigenvalue weighted by atomic mass is 127. The van der Waals surface area contributed by atoms with E-state index in [1.54, 1.807) is 70.3 Å². The molecule has 0 spiro atoms. The maximum absolute atomic E-state index is 13.1. The van der Waals surface area contributed by atoms with Crippen molar-refractivity contribution in [3.8, 4) is 11.4 Å². The molecule has 1 unspecified atom stereocenters. The second kappa shape index (κ2) is 18.2. The first kappa shape index (κ1) is 43.6. The van der Waals surface area contributed by atoms with Crippen molar-refractivity contribution < 1.29 is 41.8 Å². The molecule has 0 aliphatic heterocycles. The second-order valence-corrected chi connectivity index (χ2v) is 16.7. The van der Waals surface area contributed by atoms with Crippen LogP contribution in [0.4, 0.5) is 34.3 Å². The molecule has 300 valence electrons. The zero-order valence-corrected chi connectivity index (χ0v) is 35.2. The molecule has 4 rings (SSSR count). The average Bonchev–Trinajstić information content (AvgIpc) is 3.74. The maximum atomic E-state index is 13.1. The van der Waals surface area contributed by atoms with Gasteiger partial charge < -0.3 is 29.7 Å². The number of carbonyl (C=O) groups excluding carboxylic acids is 3. The van der Waals surface area contributed by atoms with E-state index in [1.165, 1.54) is 21.9 Å². The van der Waals surface area contributed by atoms with Crippen LogP contribution in [0.15, 0.2) is 43.0 Å². The minimum absolute atomic E-state index is 0.0410. The van der Waals surface area contributed by atoms with Crippen LogP contribution in [-0.4, -0.2) is 91.6 Å². The fourth-order valence-corrected chi connectivity index (χ4v) is 6.79. The van der Waals surface area contributed by atoms with E-state index in [4.69, 9.17) is 26.2 Å². The van der Waals surface area contributed by atoms with Crippen molar-refractivity contribution in [1.82, 2.24) is 34.5 Å². The Balaban J connectivity index is 1.42. The molecule has 0 bridgehead atoms. The molecular formula is C34H43ClF3IN9O6P. The van der Waals surface area contributed by atoms with Gasteiger partial charge >= 0.3 is 18.5 Å². The fourth-order valence-electron chi connectivity index (χ4n) is 5.05. The molecule has 21 heteroatoms. The molecule has 2 aromatic carbocycles. The third kappa shape index (κ3) is 13.0. The number of hydrogen-bond donors (Lipinski definition) is 2. The SMILES string of the molecule is CN(C(=O)OC(C)(C)C)c1nn(PI)c2cc(-n3cnnc3)cc(NCCCNC(=O)CCN(Cc3ccc(OC(F)(F)F)c(Cl)c3)C(=O)OC(C)(C)C)c12. The van der Waals surface area contributed by atoms with Crippen molar-refractivity contribution in [3.63, 3.8) is 0 Å². The molecule has 4 aromatic rings. The van der Waals surface area contributed by atoms with Crippen molar-refractivity contribution in [1.29, 1.82) is 0 Å². The molecular weight excluding hydrogens is 881 g/mol. The minimum Gasteiger partial charge on any atom is -0.444 e. The molecule has 15 nitrogen and oxygen atoms in total. The molecule has 0 aliphatic rings. The van der Waals surface area contributed by atoms with Crippen LogP contribution in [-0.2, 0) is 20.8 Å². The van der Waals surface area contributed by atoms with Crippen LogP contribution in [0.2, 0.25) is 5.02 Å². The van der Waals surface area contributed by atoms with Gasteiger partial charge in [0, 0.05) is 45.3 Å². The number of nitrogens with zero attached hydrogens (tertiary/aromatic N) is 7. The Kier molecular flexibility index (Phi) is 14.5. The minimum atomic E-state index is -4.92. The first-order valence-corrected chi connectivity index (χ1v) is 21.4. The van der Waals surface area contributed by atoms with E-state index in [0.717, 1.165) is 17.3 Å². The first-order chi connectivity index (χ1) is 25.6. The molecule has 0 radical (unpaired) electrons. The number of hydrogen-bond acceptors (Lipinski definition) is 10. The van der Waals surface area contributed by atoms with Gasteiger partial charge in [-0.15, -0.1) is 28.5 Å². The summed E-state index contributed by atoms with van der Waals surface area (Å²) >= 11 is 8.24. The van der Waals surface area contributed by atoms with Crippen LogP contribution >= 0.6 is 40.0 Å². The third-order valence-corrected chi connectivity index (χ3v) is 9.55. The summed E-state index contributed by atoms with van der Waals surface area (Å²) in [4.78, 5) is 41.7. The van der Waals surface area contributed by atoms with Crippen molar-refractivity contribution in [2.45, 2.75) is 78.5 Å². The van der Waals surface area contributed by atoms with Gasteiger partial charge in [-0.3, -0.25) is 14.3 Å². The molecule has 0 fully saturated rings. The topological polar surface area (TPSA) is 158 Å². The van der Waals surface area contributed by atoms with Gasteiger partial charge in [0.2, 0.25) is 5.91 Å². The first-order valence-electron chi connectivity index (χ1n) is 16.9. The van der Waals surface area contributed by atoms with Gasteiger partial charge in [0.1, 0.15) is 29.6 Å². The largest absolute Gasteiger partial charge is 0.573 e. The number of nitrogens with one attached hydrogen (secondary N) is 2. The zero-order valence-electron chi connectivity index (χ0n) is 31.3. The zero-order chi connectivity index (χ0) is 40.7. The maximum Gasteiger partial charge on any atom is 0.573 e. The van der Waals surface area contributed by atoms with Gasteiger partial charge in [-0.2, -0.15) is 0 Å². The van der Waals surface area contributed by atoms with E-state index in [0.29, 0.717) is 42.0 Å². The van der Waals surface area contributed by atoms with Gasteiger partial charge in [0.05, 0.1) is 28.0 Å². The van der Waals surface area contributed by atoms with Gasteiger partial charge in [-0.05, 0) is 99.8 Å². The van der Waals surface area contributed by atoms with Gasteiger partial charge in [0.25, 0.3) is 0 Å².